The van der Waals surface area contributed by atoms with E-state index in [1.54, 1.807) is 25.1 Å². The molecule has 0 aliphatic heterocycles. The fourth-order valence-corrected chi connectivity index (χ4v) is 1.54. The number of ether oxygens (including phenoxy) is 2. The third-order valence-electron chi connectivity index (χ3n) is 2.63. The Morgan fingerprint density at radius 3 is 2.56 bits per heavy atom. The zero-order chi connectivity index (χ0) is 13.7. The lowest BCUT2D eigenvalue weighted by molar-refractivity contribution is -0.124. The average Bonchev–Trinajstić information content (AvgIpc) is 2.35. The predicted octanol–water partition coefficient (Wildman–Crippen LogP) is 1.39. The number of carbonyl (C=O) groups excluding carboxylic acids is 1. The van der Waals surface area contributed by atoms with E-state index in [2.05, 4.69) is 0 Å². The first-order chi connectivity index (χ1) is 8.49. The third kappa shape index (κ3) is 3.37. The van der Waals surface area contributed by atoms with Gasteiger partial charge in [0.2, 0.25) is 0 Å². The highest BCUT2D eigenvalue weighted by Gasteiger charge is 2.17. The van der Waals surface area contributed by atoms with Gasteiger partial charge in [-0.15, -0.1) is 0 Å². The first kappa shape index (κ1) is 14.3. The van der Waals surface area contributed by atoms with Crippen molar-refractivity contribution in [2.24, 2.45) is 5.73 Å². The van der Waals surface area contributed by atoms with Gasteiger partial charge in [0.05, 0.1) is 13.2 Å². The van der Waals surface area contributed by atoms with E-state index in [4.69, 9.17) is 15.2 Å². The molecule has 0 heterocycles. The summed E-state index contributed by atoms with van der Waals surface area (Å²) in [4.78, 5) is 11.1. The van der Waals surface area contributed by atoms with Crippen molar-refractivity contribution in [3.63, 3.8) is 0 Å². The minimum Gasteiger partial charge on any atom is -0.493 e. The van der Waals surface area contributed by atoms with Gasteiger partial charge in [0.1, 0.15) is 0 Å². The molecule has 1 rings (SSSR count). The van der Waals surface area contributed by atoms with E-state index in [-0.39, 0.29) is 0 Å². The van der Waals surface area contributed by atoms with Crippen LogP contribution >= 0.6 is 0 Å². The van der Waals surface area contributed by atoms with Crippen molar-refractivity contribution in [3.05, 3.63) is 23.8 Å². The van der Waals surface area contributed by atoms with Gasteiger partial charge in [-0.3, -0.25) is 4.79 Å². The first-order valence-corrected chi connectivity index (χ1v) is 5.81. The highest BCUT2D eigenvalue weighted by atomic mass is 16.5. The van der Waals surface area contributed by atoms with E-state index < -0.39 is 18.1 Å². The van der Waals surface area contributed by atoms with Crippen LogP contribution in [0.1, 0.15) is 31.9 Å². The maximum atomic E-state index is 11.1. The van der Waals surface area contributed by atoms with Crippen LogP contribution in [-0.2, 0) is 4.79 Å². The number of hydrogen-bond donors (Lipinski definition) is 2. The summed E-state index contributed by atoms with van der Waals surface area (Å²) in [6.07, 6.45) is -0.793. The topological polar surface area (TPSA) is 81.8 Å². The van der Waals surface area contributed by atoms with E-state index in [1.807, 2.05) is 6.92 Å². The van der Waals surface area contributed by atoms with Gasteiger partial charge in [-0.2, -0.15) is 0 Å². The summed E-state index contributed by atoms with van der Waals surface area (Å²) in [6.45, 7) is 3.47. The molecule has 5 heteroatoms. The second-order valence-corrected chi connectivity index (χ2v) is 4.00. The molecule has 0 saturated carbocycles. The highest BCUT2D eigenvalue weighted by molar-refractivity contribution is 5.79. The number of carbonyl (C=O) groups is 1. The SMILES string of the molecule is CCC(Oc1ccc([C@H](C)O)cc1OC)C(N)=O. The van der Waals surface area contributed by atoms with Crippen molar-refractivity contribution in [1.82, 2.24) is 0 Å². The minimum atomic E-state index is -0.684. The number of rotatable bonds is 6. The molecule has 1 aromatic carbocycles. The molecule has 1 aromatic rings. The Bertz CT molecular complexity index is 417. The number of nitrogens with two attached hydrogens (primary N) is 1. The molecule has 3 N–H and O–H groups in total. The van der Waals surface area contributed by atoms with Gasteiger partial charge < -0.3 is 20.3 Å². The quantitative estimate of drug-likeness (QED) is 0.802. The third-order valence-corrected chi connectivity index (χ3v) is 2.63. The van der Waals surface area contributed by atoms with Crippen LogP contribution in [-0.4, -0.2) is 24.2 Å². The minimum absolute atomic E-state index is 0.438. The van der Waals surface area contributed by atoms with Crippen LogP contribution < -0.4 is 15.2 Å². The van der Waals surface area contributed by atoms with Gasteiger partial charge in [-0.25, -0.2) is 0 Å². The number of methoxy groups -OCH3 is 1. The van der Waals surface area contributed by atoms with Gasteiger partial charge in [0.15, 0.2) is 17.6 Å². The molecule has 0 aliphatic carbocycles. The van der Waals surface area contributed by atoms with E-state index >= 15 is 0 Å². The Morgan fingerprint density at radius 1 is 1.44 bits per heavy atom. The lowest BCUT2D eigenvalue weighted by atomic mass is 10.1. The molecular formula is C13H19NO4. The molecule has 0 aliphatic rings. The van der Waals surface area contributed by atoms with Gasteiger partial charge in [0.25, 0.3) is 5.91 Å². The molecule has 1 amide bonds. The van der Waals surface area contributed by atoms with Crippen LogP contribution in [0.2, 0.25) is 0 Å². The average molecular weight is 253 g/mol. The fraction of sp³-hybridized carbons (Fsp3) is 0.462. The maximum absolute atomic E-state index is 11.1. The van der Waals surface area contributed by atoms with Crippen LogP contribution in [0, 0.1) is 0 Å². The first-order valence-electron chi connectivity index (χ1n) is 5.81. The molecule has 0 fully saturated rings. The molecule has 100 valence electrons. The van der Waals surface area contributed by atoms with E-state index in [1.165, 1.54) is 7.11 Å². The van der Waals surface area contributed by atoms with Crippen LogP contribution in [0.4, 0.5) is 0 Å². The molecule has 0 spiro atoms. The Kier molecular flexibility index (Phi) is 4.97. The molecule has 0 aromatic heterocycles. The molecular weight excluding hydrogens is 234 g/mol. The predicted molar refractivity (Wildman–Crippen MR) is 67.5 cm³/mol. The van der Waals surface area contributed by atoms with Crippen molar-refractivity contribution in [3.8, 4) is 11.5 Å². The number of hydrogen-bond acceptors (Lipinski definition) is 4. The number of aliphatic hydroxyl groups is 1. The molecule has 0 radical (unpaired) electrons. The van der Waals surface area contributed by atoms with Crippen molar-refractivity contribution < 1.29 is 19.4 Å². The maximum Gasteiger partial charge on any atom is 0.258 e. The number of aliphatic hydroxyl groups excluding tert-OH is 1. The monoisotopic (exact) mass is 253 g/mol. The summed E-state index contributed by atoms with van der Waals surface area (Å²) >= 11 is 0. The van der Waals surface area contributed by atoms with E-state index in [0.717, 1.165) is 0 Å². The second-order valence-electron chi connectivity index (χ2n) is 4.00. The van der Waals surface area contributed by atoms with Gasteiger partial charge in [0, 0.05) is 0 Å². The Balaban J connectivity index is 2.98. The fourth-order valence-electron chi connectivity index (χ4n) is 1.54. The Morgan fingerprint density at radius 2 is 2.11 bits per heavy atom. The summed E-state index contributed by atoms with van der Waals surface area (Å²) in [6, 6.07) is 5.05. The largest absolute Gasteiger partial charge is 0.493 e. The van der Waals surface area contributed by atoms with E-state index in [0.29, 0.717) is 23.5 Å². The van der Waals surface area contributed by atoms with Gasteiger partial charge in [-0.1, -0.05) is 13.0 Å². The van der Waals surface area contributed by atoms with Gasteiger partial charge >= 0.3 is 0 Å². The van der Waals surface area contributed by atoms with Crippen molar-refractivity contribution in [1.29, 1.82) is 0 Å². The lowest BCUT2D eigenvalue weighted by Gasteiger charge is -2.17. The van der Waals surface area contributed by atoms with Crippen molar-refractivity contribution in [2.45, 2.75) is 32.5 Å². The number of primary amides is 1. The summed E-state index contributed by atoms with van der Waals surface area (Å²) in [5, 5.41) is 9.48. The standard InChI is InChI=1S/C13H19NO4/c1-4-10(13(14)16)18-11-6-5-9(8(2)15)7-12(11)17-3/h5-8,10,15H,4H2,1-3H3,(H2,14,16)/t8-,10?/m0/s1. The molecule has 0 saturated heterocycles. The van der Waals surface area contributed by atoms with Crippen LogP contribution in [0.5, 0.6) is 11.5 Å². The highest BCUT2D eigenvalue weighted by Crippen LogP contribution is 2.31. The second kappa shape index (κ2) is 6.26. The van der Waals surface area contributed by atoms with Crippen molar-refractivity contribution in [2.75, 3.05) is 7.11 Å². The zero-order valence-corrected chi connectivity index (χ0v) is 10.8. The Labute approximate surface area is 107 Å². The lowest BCUT2D eigenvalue weighted by Crippen LogP contribution is -2.33. The smallest absolute Gasteiger partial charge is 0.258 e. The van der Waals surface area contributed by atoms with Crippen molar-refractivity contribution >= 4 is 5.91 Å². The number of amides is 1. The zero-order valence-electron chi connectivity index (χ0n) is 10.8. The summed E-state index contributed by atoms with van der Waals surface area (Å²) in [7, 11) is 1.50. The van der Waals surface area contributed by atoms with E-state index in [9.17, 15) is 9.90 Å². The van der Waals surface area contributed by atoms with Crippen LogP contribution in [0.25, 0.3) is 0 Å². The van der Waals surface area contributed by atoms with Crippen LogP contribution in [0.3, 0.4) is 0 Å². The molecule has 18 heavy (non-hydrogen) atoms. The van der Waals surface area contributed by atoms with Gasteiger partial charge in [-0.05, 0) is 31.0 Å². The summed E-state index contributed by atoms with van der Waals surface area (Å²) < 4.78 is 10.7. The molecule has 0 bridgehead atoms. The molecule has 1 unspecified atom stereocenters. The summed E-state index contributed by atoms with van der Waals surface area (Å²) in [5.74, 6) is 0.389. The molecule has 5 nitrogen and oxygen atoms in total. The number of benzene rings is 1. The Hall–Kier alpha value is -1.75. The normalized spacial score (nSPS) is 13.8. The summed E-state index contributed by atoms with van der Waals surface area (Å²) in [5.41, 5.74) is 5.93. The molecule has 2 atom stereocenters. The van der Waals surface area contributed by atoms with Crippen LogP contribution in [0.15, 0.2) is 18.2 Å².